The second-order valence-electron chi connectivity index (χ2n) is 8.95. The van der Waals surface area contributed by atoms with Gasteiger partial charge in [-0.05, 0) is 73.3 Å². The van der Waals surface area contributed by atoms with Gasteiger partial charge in [-0.2, -0.15) is 0 Å². The zero-order valence-electron chi connectivity index (χ0n) is 19.4. The Balaban J connectivity index is 1.39. The lowest BCUT2D eigenvalue weighted by Gasteiger charge is -2.34. The van der Waals surface area contributed by atoms with Gasteiger partial charge in [0.05, 0.1) is 0 Å². The lowest BCUT2D eigenvalue weighted by molar-refractivity contribution is 0.0738. The highest BCUT2D eigenvalue weighted by Crippen LogP contribution is 2.39. The standard InChI is InChI=1S/C27H27ClFN3O3/c1-30-13-15-31(16-14-30)18-25-26(19-3-2-4-21(29)17-19)32(27(33)35-25)22-7-11-24(12-8-22)34-23-9-5-20(28)6-10-23/h2-12,17,25-26H,13-16,18H2,1H3/t25-,26-/m0/s1. The van der Waals surface area contributed by atoms with Crippen molar-refractivity contribution in [1.82, 2.24) is 9.80 Å². The summed E-state index contributed by atoms with van der Waals surface area (Å²) in [6.07, 6.45) is -0.859. The number of anilines is 1. The van der Waals surface area contributed by atoms with Crippen LogP contribution in [0.25, 0.3) is 0 Å². The minimum atomic E-state index is -0.444. The normalized spacial score (nSPS) is 21.2. The van der Waals surface area contributed by atoms with Crippen LogP contribution in [0.1, 0.15) is 11.6 Å². The number of likely N-dealkylation sites (N-methyl/N-ethyl adjacent to an activating group) is 1. The summed E-state index contributed by atoms with van der Waals surface area (Å²) in [5, 5.41) is 0.634. The molecule has 0 spiro atoms. The second-order valence-corrected chi connectivity index (χ2v) is 9.38. The maximum Gasteiger partial charge on any atom is 0.415 e. The van der Waals surface area contributed by atoms with E-state index in [1.165, 1.54) is 12.1 Å². The Morgan fingerprint density at radius 3 is 2.29 bits per heavy atom. The molecule has 0 saturated carbocycles. The monoisotopic (exact) mass is 495 g/mol. The largest absolute Gasteiger partial charge is 0.457 e. The molecule has 35 heavy (non-hydrogen) atoms. The highest BCUT2D eigenvalue weighted by Gasteiger charge is 2.44. The summed E-state index contributed by atoms with van der Waals surface area (Å²) >= 11 is 5.94. The predicted octanol–water partition coefficient (Wildman–Crippen LogP) is 5.59. The van der Waals surface area contributed by atoms with Crippen LogP contribution in [0.5, 0.6) is 11.5 Å². The van der Waals surface area contributed by atoms with Crippen molar-refractivity contribution in [2.75, 3.05) is 44.7 Å². The van der Waals surface area contributed by atoms with Gasteiger partial charge in [-0.1, -0.05) is 23.7 Å². The number of cyclic esters (lactones) is 1. The lowest BCUT2D eigenvalue weighted by atomic mass is 9.99. The summed E-state index contributed by atoms with van der Waals surface area (Å²) in [6.45, 7) is 4.32. The molecule has 0 N–H and O–H groups in total. The molecule has 5 rings (SSSR count). The summed E-state index contributed by atoms with van der Waals surface area (Å²) in [6, 6.07) is 20.3. The molecule has 182 valence electrons. The average Bonchev–Trinajstić information content (AvgIpc) is 3.18. The average molecular weight is 496 g/mol. The number of piperazine rings is 1. The van der Waals surface area contributed by atoms with E-state index < -0.39 is 18.2 Å². The van der Waals surface area contributed by atoms with E-state index >= 15 is 0 Å². The van der Waals surface area contributed by atoms with E-state index in [0.717, 1.165) is 26.2 Å². The third-order valence-electron chi connectivity index (χ3n) is 6.47. The molecule has 0 aliphatic carbocycles. The lowest BCUT2D eigenvalue weighted by Crippen LogP contribution is -2.48. The van der Waals surface area contributed by atoms with Crippen molar-refractivity contribution in [3.63, 3.8) is 0 Å². The van der Waals surface area contributed by atoms with Crippen LogP contribution in [0.4, 0.5) is 14.9 Å². The maximum atomic E-state index is 14.2. The summed E-state index contributed by atoms with van der Waals surface area (Å²) < 4.78 is 25.9. The van der Waals surface area contributed by atoms with Gasteiger partial charge in [-0.3, -0.25) is 9.80 Å². The number of ether oxygens (including phenoxy) is 2. The van der Waals surface area contributed by atoms with Crippen molar-refractivity contribution in [3.05, 3.63) is 89.2 Å². The third kappa shape index (κ3) is 5.42. The fourth-order valence-electron chi connectivity index (χ4n) is 4.59. The third-order valence-corrected chi connectivity index (χ3v) is 6.72. The van der Waals surface area contributed by atoms with Gasteiger partial charge in [0.1, 0.15) is 29.5 Å². The molecule has 8 heteroatoms. The number of hydrogen-bond donors (Lipinski definition) is 0. The van der Waals surface area contributed by atoms with Crippen LogP contribution in [0, 0.1) is 5.82 Å². The molecule has 2 heterocycles. The summed E-state index contributed by atoms with van der Waals surface area (Å²) in [7, 11) is 2.10. The highest BCUT2D eigenvalue weighted by molar-refractivity contribution is 6.30. The number of carbonyl (C=O) groups is 1. The molecular formula is C27H27ClFN3O3. The van der Waals surface area contributed by atoms with E-state index in [2.05, 4.69) is 16.8 Å². The van der Waals surface area contributed by atoms with Gasteiger partial charge in [0.25, 0.3) is 0 Å². The smallest absolute Gasteiger partial charge is 0.415 e. The summed E-state index contributed by atoms with van der Waals surface area (Å²) in [5.41, 5.74) is 1.37. The first-order valence-electron chi connectivity index (χ1n) is 11.7. The number of halogens is 2. The first-order chi connectivity index (χ1) is 17.0. The van der Waals surface area contributed by atoms with Gasteiger partial charge < -0.3 is 14.4 Å². The van der Waals surface area contributed by atoms with Crippen molar-refractivity contribution < 1.29 is 18.7 Å². The molecule has 0 unspecified atom stereocenters. The van der Waals surface area contributed by atoms with Gasteiger partial charge in [0, 0.05) is 43.4 Å². The van der Waals surface area contributed by atoms with Crippen LogP contribution >= 0.6 is 11.6 Å². The van der Waals surface area contributed by atoms with Gasteiger partial charge >= 0.3 is 6.09 Å². The van der Waals surface area contributed by atoms with Gasteiger partial charge in [-0.15, -0.1) is 0 Å². The Bertz CT molecular complexity index is 1170. The molecule has 0 radical (unpaired) electrons. The van der Waals surface area contributed by atoms with Crippen LogP contribution in [-0.4, -0.2) is 61.8 Å². The summed E-state index contributed by atoms with van der Waals surface area (Å²) in [4.78, 5) is 19.3. The van der Waals surface area contributed by atoms with Gasteiger partial charge in [-0.25, -0.2) is 9.18 Å². The number of hydrogen-bond acceptors (Lipinski definition) is 5. The van der Waals surface area contributed by atoms with E-state index in [9.17, 15) is 9.18 Å². The van der Waals surface area contributed by atoms with Crippen molar-refractivity contribution >= 4 is 23.4 Å². The van der Waals surface area contributed by atoms with Gasteiger partial charge in [0.2, 0.25) is 0 Å². The quantitative estimate of drug-likeness (QED) is 0.446. The number of amides is 1. The molecule has 3 aromatic rings. The Morgan fingerprint density at radius 1 is 0.971 bits per heavy atom. The van der Waals surface area contributed by atoms with E-state index in [1.54, 1.807) is 47.4 Å². The fraction of sp³-hybridized carbons (Fsp3) is 0.296. The molecule has 2 saturated heterocycles. The van der Waals surface area contributed by atoms with Crippen LogP contribution in [0.15, 0.2) is 72.8 Å². The molecule has 0 aromatic heterocycles. The first-order valence-corrected chi connectivity index (χ1v) is 12.0. The molecule has 2 aliphatic heterocycles. The Labute approximate surface area is 209 Å². The zero-order chi connectivity index (χ0) is 24.4. The number of rotatable bonds is 6. The molecular weight excluding hydrogens is 469 g/mol. The van der Waals surface area contributed by atoms with E-state index in [4.69, 9.17) is 21.1 Å². The molecule has 2 fully saturated rings. The van der Waals surface area contributed by atoms with E-state index in [-0.39, 0.29) is 5.82 Å². The molecule has 1 amide bonds. The number of benzene rings is 3. The number of nitrogens with zero attached hydrogens (tertiary/aromatic N) is 3. The van der Waals surface area contributed by atoms with E-state index in [1.807, 2.05) is 18.2 Å². The van der Waals surface area contributed by atoms with Crippen LogP contribution in [0.3, 0.4) is 0 Å². The van der Waals surface area contributed by atoms with E-state index in [0.29, 0.717) is 34.3 Å². The van der Waals surface area contributed by atoms with Crippen molar-refractivity contribution in [1.29, 1.82) is 0 Å². The first kappa shape index (κ1) is 23.6. The van der Waals surface area contributed by atoms with Crippen molar-refractivity contribution in [2.45, 2.75) is 12.1 Å². The SMILES string of the molecule is CN1CCN(C[C@@H]2OC(=O)N(c3ccc(Oc4ccc(Cl)cc4)cc3)[C@H]2c2cccc(F)c2)CC1. The highest BCUT2D eigenvalue weighted by atomic mass is 35.5. The van der Waals surface area contributed by atoms with Crippen molar-refractivity contribution in [2.24, 2.45) is 0 Å². The predicted molar refractivity (Wildman–Crippen MR) is 134 cm³/mol. The Kier molecular flexibility index (Phi) is 6.90. The molecule has 2 atom stereocenters. The van der Waals surface area contributed by atoms with Gasteiger partial charge in [0.15, 0.2) is 0 Å². The minimum absolute atomic E-state index is 0.341. The molecule has 0 bridgehead atoms. The molecule has 6 nitrogen and oxygen atoms in total. The topological polar surface area (TPSA) is 45.2 Å². The number of carbonyl (C=O) groups excluding carboxylic acids is 1. The Hall–Kier alpha value is -3.13. The minimum Gasteiger partial charge on any atom is -0.457 e. The van der Waals surface area contributed by atoms with Crippen molar-refractivity contribution in [3.8, 4) is 11.5 Å². The van der Waals surface area contributed by atoms with Crippen LogP contribution < -0.4 is 9.64 Å². The zero-order valence-corrected chi connectivity index (χ0v) is 20.2. The molecule has 3 aromatic carbocycles. The fourth-order valence-corrected chi connectivity index (χ4v) is 4.71. The molecule has 2 aliphatic rings. The van der Waals surface area contributed by atoms with Crippen LogP contribution in [-0.2, 0) is 4.74 Å². The maximum absolute atomic E-state index is 14.2. The summed E-state index contributed by atoms with van der Waals surface area (Å²) in [5.74, 6) is 0.944. The Morgan fingerprint density at radius 2 is 1.63 bits per heavy atom. The van der Waals surface area contributed by atoms with Crippen LogP contribution in [0.2, 0.25) is 5.02 Å². The second kappa shape index (κ2) is 10.2.